The lowest BCUT2D eigenvalue weighted by Gasteiger charge is -2.13. The number of anilines is 2. The maximum Gasteiger partial charge on any atom is 0.284 e. The number of nitrogens with two attached hydrogens (primary N) is 1. The Morgan fingerprint density at radius 2 is 1.82 bits per heavy atom. The summed E-state index contributed by atoms with van der Waals surface area (Å²) in [4.78, 5) is 34.9. The topological polar surface area (TPSA) is 121 Å². The number of aromatic nitrogens is 5. The number of hydrogen-bond acceptors (Lipinski definition) is 6. The summed E-state index contributed by atoms with van der Waals surface area (Å²) in [6, 6.07) is 15.2. The average molecular weight is 546 g/mol. The minimum atomic E-state index is -0.558. The molecule has 39 heavy (non-hydrogen) atoms. The summed E-state index contributed by atoms with van der Waals surface area (Å²) < 4.78 is 16.0. The Kier molecular flexibility index (Phi) is 7.12. The molecule has 11 heteroatoms. The normalized spacial score (nSPS) is 11.3. The Bertz CT molecular complexity index is 1730. The van der Waals surface area contributed by atoms with Crippen LogP contribution in [0.25, 0.3) is 27.8 Å². The van der Waals surface area contributed by atoms with Gasteiger partial charge >= 0.3 is 0 Å². The van der Waals surface area contributed by atoms with Crippen molar-refractivity contribution in [3.63, 3.8) is 0 Å². The number of nitrogens with one attached hydrogen (secondary N) is 1. The number of hydrogen-bond donors (Lipinski definition) is 2. The van der Waals surface area contributed by atoms with Crippen LogP contribution in [0.15, 0.2) is 71.9 Å². The third-order valence-electron chi connectivity index (χ3n) is 6.30. The Morgan fingerprint density at radius 3 is 2.49 bits per heavy atom. The van der Waals surface area contributed by atoms with Gasteiger partial charge in [-0.05, 0) is 53.9 Å². The monoisotopic (exact) mass is 545 g/mol. The molecule has 0 atom stereocenters. The fourth-order valence-corrected chi connectivity index (χ4v) is 4.40. The zero-order valence-corrected chi connectivity index (χ0v) is 22.0. The van der Waals surface area contributed by atoms with Gasteiger partial charge in [0.25, 0.3) is 11.5 Å². The van der Waals surface area contributed by atoms with E-state index >= 15 is 0 Å². The number of amides is 1. The van der Waals surface area contributed by atoms with Crippen LogP contribution in [0.4, 0.5) is 15.9 Å². The lowest BCUT2D eigenvalue weighted by Crippen LogP contribution is -2.31. The number of alkyl halides is 1. The van der Waals surface area contributed by atoms with Crippen LogP contribution in [0.5, 0.6) is 0 Å². The Hall–Kier alpha value is -4.57. The summed E-state index contributed by atoms with van der Waals surface area (Å²) in [5.41, 5.74) is 9.19. The molecule has 0 aliphatic rings. The molecule has 0 aliphatic carbocycles. The molecule has 0 unspecified atom stereocenters. The minimum absolute atomic E-state index is 0.0223. The molecule has 0 radical (unpaired) electrons. The summed E-state index contributed by atoms with van der Waals surface area (Å²) in [6.45, 7) is 3.45. The summed E-state index contributed by atoms with van der Waals surface area (Å²) in [6.07, 6.45) is 3.13. The van der Waals surface area contributed by atoms with Gasteiger partial charge in [-0.2, -0.15) is 9.78 Å². The van der Waals surface area contributed by atoms with Gasteiger partial charge in [0.15, 0.2) is 0 Å². The lowest BCUT2D eigenvalue weighted by molar-refractivity contribution is 0.102. The SMILES string of the molecule is CC(C)c1cc(C(=O)Nc2ccc(-c3cn(CCF)c4ncnc(N)c34)cc2)c(=O)n(-c2ccc(Cl)cc2)n1. The van der Waals surface area contributed by atoms with Gasteiger partial charge in [0.1, 0.15) is 30.0 Å². The average Bonchev–Trinajstić information content (AvgIpc) is 3.29. The van der Waals surface area contributed by atoms with Crippen molar-refractivity contribution >= 4 is 40.0 Å². The van der Waals surface area contributed by atoms with Crippen LogP contribution >= 0.6 is 11.6 Å². The van der Waals surface area contributed by atoms with E-state index in [-0.39, 0.29) is 18.0 Å². The van der Waals surface area contributed by atoms with Gasteiger partial charge in [-0.3, -0.25) is 9.59 Å². The van der Waals surface area contributed by atoms with Gasteiger partial charge in [-0.1, -0.05) is 37.6 Å². The van der Waals surface area contributed by atoms with Crippen molar-refractivity contribution in [3.8, 4) is 16.8 Å². The fourth-order valence-electron chi connectivity index (χ4n) is 4.27. The number of halogens is 2. The molecule has 0 aliphatic heterocycles. The summed E-state index contributed by atoms with van der Waals surface area (Å²) in [7, 11) is 0. The number of carbonyl (C=O) groups is 1. The van der Waals surface area contributed by atoms with Gasteiger partial charge in [-0.25, -0.2) is 14.4 Å². The van der Waals surface area contributed by atoms with Crippen LogP contribution in [0.3, 0.4) is 0 Å². The Morgan fingerprint density at radius 1 is 1.10 bits per heavy atom. The minimum Gasteiger partial charge on any atom is -0.383 e. The van der Waals surface area contributed by atoms with Crippen LogP contribution < -0.4 is 16.6 Å². The van der Waals surface area contributed by atoms with Crippen LogP contribution in [0, 0.1) is 0 Å². The standard InChI is InChI=1S/C28H25ClFN7O2/c1-16(2)23-13-21(28(39)37(35-23)20-9-5-18(29)6-10-20)27(38)34-19-7-3-17(4-8-19)22-14-36(12-11-30)26-24(22)25(31)32-15-33-26/h3-10,13-16H,11-12H2,1-2H3,(H,34,38)(H2,31,32,33). The van der Waals surface area contributed by atoms with Gasteiger partial charge in [0, 0.05) is 22.5 Å². The third-order valence-corrected chi connectivity index (χ3v) is 6.55. The van der Waals surface area contributed by atoms with E-state index in [1.807, 2.05) is 13.8 Å². The van der Waals surface area contributed by atoms with Crippen LogP contribution in [0.1, 0.15) is 35.8 Å². The van der Waals surface area contributed by atoms with E-state index in [2.05, 4.69) is 20.4 Å². The molecular weight excluding hydrogens is 521 g/mol. The number of carbonyl (C=O) groups excluding carboxylic acids is 1. The van der Waals surface area contributed by atoms with E-state index < -0.39 is 18.1 Å². The molecule has 198 valence electrons. The predicted molar refractivity (Wildman–Crippen MR) is 150 cm³/mol. The van der Waals surface area contributed by atoms with Crippen molar-refractivity contribution in [3.05, 3.63) is 93.8 Å². The molecule has 0 saturated carbocycles. The van der Waals surface area contributed by atoms with E-state index in [9.17, 15) is 14.0 Å². The highest BCUT2D eigenvalue weighted by molar-refractivity contribution is 6.30. The second-order valence-corrected chi connectivity index (χ2v) is 9.68. The third kappa shape index (κ3) is 5.10. The van der Waals surface area contributed by atoms with Crippen molar-refractivity contribution in [2.24, 2.45) is 0 Å². The van der Waals surface area contributed by atoms with Crippen molar-refractivity contribution in [1.29, 1.82) is 0 Å². The first-order chi connectivity index (χ1) is 18.8. The number of nitrogens with zero attached hydrogens (tertiary/aromatic N) is 5. The Balaban J connectivity index is 1.47. The number of rotatable bonds is 7. The summed E-state index contributed by atoms with van der Waals surface area (Å²) in [5, 5.41) is 8.40. The van der Waals surface area contributed by atoms with Crippen molar-refractivity contribution < 1.29 is 9.18 Å². The molecule has 9 nitrogen and oxygen atoms in total. The van der Waals surface area contributed by atoms with Gasteiger partial charge in [0.2, 0.25) is 0 Å². The molecule has 5 rings (SSSR count). The molecule has 0 saturated heterocycles. The highest BCUT2D eigenvalue weighted by Crippen LogP contribution is 2.33. The molecule has 3 heterocycles. The maximum absolute atomic E-state index is 13.3. The number of benzene rings is 2. The smallest absolute Gasteiger partial charge is 0.284 e. The van der Waals surface area contributed by atoms with E-state index in [1.54, 1.807) is 59.3 Å². The second kappa shape index (κ2) is 10.7. The van der Waals surface area contributed by atoms with Crippen LogP contribution in [0.2, 0.25) is 5.02 Å². The first-order valence-electron chi connectivity index (χ1n) is 12.2. The quantitative estimate of drug-likeness (QED) is 0.289. The molecule has 5 aromatic rings. The zero-order valence-electron chi connectivity index (χ0n) is 21.2. The zero-order chi connectivity index (χ0) is 27.7. The van der Waals surface area contributed by atoms with Crippen molar-refractivity contribution in [1.82, 2.24) is 24.3 Å². The largest absolute Gasteiger partial charge is 0.383 e. The van der Waals surface area contributed by atoms with Gasteiger partial charge in [0.05, 0.1) is 23.3 Å². The number of aryl methyl sites for hydroxylation is 1. The molecule has 3 aromatic heterocycles. The highest BCUT2D eigenvalue weighted by Gasteiger charge is 2.19. The van der Waals surface area contributed by atoms with Crippen molar-refractivity contribution in [2.45, 2.75) is 26.3 Å². The molecular formula is C28H25ClFN7O2. The Labute approximate surface area is 228 Å². The van der Waals surface area contributed by atoms with E-state index in [4.69, 9.17) is 17.3 Å². The molecule has 3 N–H and O–H groups in total. The summed E-state index contributed by atoms with van der Waals surface area (Å²) >= 11 is 5.99. The lowest BCUT2D eigenvalue weighted by atomic mass is 10.1. The maximum atomic E-state index is 13.3. The predicted octanol–water partition coefficient (Wildman–Crippen LogP) is 5.23. The van der Waals surface area contributed by atoms with Crippen LogP contribution in [-0.2, 0) is 6.54 Å². The van der Waals surface area contributed by atoms with Crippen LogP contribution in [-0.4, -0.2) is 36.9 Å². The summed E-state index contributed by atoms with van der Waals surface area (Å²) in [5.74, 6) is -0.288. The number of fused-ring (bicyclic) bond motifs is 1. The highest BCUT2D eigenvalue weighted by atomic mass is 35.5. The first-order valence-corrected chi connectivity index (χ1v) is 12.6. The second-order valence-electron chi connectivity index (χ2n) is 9.25. The number of nitrogen functional groups attached to an aromatic ring is 1. The van der Waals surface area contributed by atoms with Crippen molar-refractivity contribution in [2.75, 3.05) is 17.7 Å². The molecule has 0 fully saturated rings. The first kappa shape index (κ1) is 26.1. The fraction of sp³-hybridized carbons (Fsp3) is 0.179. The van der Waals surface area contributed by atoms with E-state index in [1.165, 1.54) is 17.1 Å². The van der Waals surface area contributed by atoms with E-state index in [0.29, 0.717) is 38.9 Å². The molecule has 0 spiro atoms. The molecule has 0 bridgehead atoms. The molecule has 2 aromatic carbocycles. The van der Waals surface area contributed by atoms with Gasteiger partial charge < -0.3 is 15.6 Å². The molecule has 1 amide bonds. The van der Waals surface area contributed by atoms with E-state index in [0.717, 1.165) is 11.1 Å². The van der Waals surface area contributed by atoms with Gasteiger partial charge in [-0.15, -0.1) is 0 Å².